The van der Waals surface area contributed by atoms with Crippen LogP contribution in [0, 0.1) is 6.92 Å². The van der Waals surface area contributed by atoms with Gasteiger partial charge in [-0.2, -0.15) is 0 Å². The Balaban J connectivity index is 1.91. The van der Waals surface area contributed by atoms with E-state index in [-0.39, 0.29) is 16.4 Å². The Morgan fingerprint density at radius 2 is 1.64 bits per heavy atom. The van der Waals surface area contributed by atoms with Gasteiger partial charge in [0.2, 0.25) is 0 Å². The summed E-state index contributed by atoms with van der Waals surface area (Å²) in [4.78, 5) is 27.8. The number of ketones is 1. The van der Waals surface area contributed by atoms with Gasteiger partial charge in [0, 0.05) is 11.3 Å². The Morgan fingerprint density at radius 3 is 2.24 bits per heavy atom. The van der Waals surface area contributed by atoms with Crippen LogP contribution in [0.4, 0.5) is 5.69 Å². The van der Waals surface area contributed by atoms with Crippen molar-refractivity contribution in [2.24, 2.45) is 0 Å². The van der Waals surface area contributed by atoms with E-state index in [9.17, 15) is 14.7 Å². The number of aliphatic hydroxyl groups excluding tert-OH is 1. The molecule has 168 valence electrons. The number of halogens is 2. The van der Waals surface area contributed by atoms with Gasteiger partial charge in [-0.1, -0.05) is 53.0 Å². The zero-order valence-corrected chi connectivity index (χ0v) is 19.5. The van der Waals surface area contributed by atoms with E-state index in [0.717, 1.165) is 5.56 Å². The van der Waals surface area contributed by atoms with Gasteiger partial charge < -0.3 is 9.84 Å². The molecule has 5 nitrogen and oxygen atoms in total. The van der Waals surface area contributed by atoms with Gasteiger partial charge in [0.15, 0.2) is 0 Å². The lowest BCUT2D eigenvalue weighted by atomic mass is 9.95. The number of benzene rings is 3. The molecule has 1 heterocycles. The van der Waals surface area contributed by atoms with E-state index in [2.05, 4.69) is 0 Å². The molecule has 1 fully saturated rings. The number of anilines is 1. The second-order valence-corrected chi connectivity index (χ2v) is 8.45. The summed E-state index contributed by atoms with van der Waals surface area (Å²) in [7, 11) is 0. The average Bonchev–Trinajstić information content (AvgIpc) is 3.07. The van der Waals surface area contributed by atoms with Crippen LogP contribution in [-0.4, -0.2) is 23.4 Å². The zero-order valence-electron chi connectivity index (χ0n) is 18.0. The first-order chi connectivity index (χ1) is 15.8. The van der Waals surface area contributed by atoms with Gasteiger partial charge in [-0.15, -0.1) is 0 Å². The third-order valence-corrected chi connectivity index (χ3v) is 6.20. The van der Waals surface area contributed by atoms with E-state index < -0.39 is 17.7 Å². The predicted molar refractivity (Wildman–Crippen MR) is 130 cm³/mol. The van der Waals surface area contributed by atoms with Crippen LogP contribution < -0.4 is 9.64 Å². The molecule has 0 bridgehead atoms. The molecule has 1 aliphatic heterocycles. The molecular formula is C26H21Cl2NO4. The molecule has 0 aromatic heterocycles. The van der Waals surface area contributed by atoms with Crippen LogP contribution >= 0.6 is 23.2 Å². The normalized spacial score (nSPS) is 17.5. The standard InChI is InChI=1S/C26H21Cl2NO4/c1-3-33-19-11-6-16(7-12-19)23-22(24(30)17-8-13-20(27)21(28)14-17)25(31)26(32)29(23)18-9-4-15(2)5-10-18/h4-14,23,30H,3H2,1-2H3/b24-22-. The van der Waals surface area contributed by atoms with Gasteiger partial charge in [-0.3, -0.25) is 14.5 Å². The zero-order chi connectivity index (χ0) is 23.7. The minimum Gasteiger partial charge on any atom is -0.507 e. The van der Waals surface area contributed by atoms with Crippen LogP contribution in [0.25, 0.3) is 5.76 Å². The Kier molecular flexibility index (Phi) is 6.45. The van der Waals surface area contributed by atoms with Crippen molar-refractivity contribution in [2.75, 3.05) is 11.5 Å². The number of carbonyl (C=O) groups excluding carboxylic acids is 2. The van der Waals surface area contributed by atoms with E-state index in [0.29, 0.717) is 34.2 Å². The summed E-state index contributed by atoms with van der Waals surface area (Å²) in [5, 5.41) is 11.7. The molecule has 1 atom stereocenters. The quantitative estimate of drug-likeness (QED) is 0.262. The lowest BCUT2D eigenvalue weighted by Crippen LogP contribution is -2.29. The van der Waals surface area contributed by atoms with Gasteiger partial charge >= 0.3 is 0 Å². The van der Waals surface area contributed by atoms with E-state index in [4.69, 9.17) is 27.9 Å². The molecule has 0 aliphatic carbocycles. The second kappa shape index (κ2) is 9.30. The molecule has 0 spiro atoms. The fourth-order valence-electron chi connectivity index (χ4n) is 3.83. The molecule has 0 radical (unpaired) electrons. The molecule has 0 saturated carbocycles. The minimum atomic E-state index is -0.835. The van der Waals surface area contributed by atoms with Gasteiger partial charge in [0.25, 0.3) is 11.7 Å². The van der Waals surface area contributed by atoms with Gasteiger partial charge in [-0.05, 0) is 61.9 Å². The van der Waals surface area contributed by atoms with Crippen molar-refractivity contribution in [3.63, 3.8) is 0 Å². The number of rotatable bonds is 5. The Morgan fingerprint density at radius 1 is 0.970 bits per heavy atom. The highest BCUT2D eigenvalue weighted by Crippen LogP contribution is 2.43. The van der Waals surface area contributed by atoms with Gasteiger partial charge in [0.05, 0.1) is 28.3 Å². The first-order valence-corrected chi connectivity index (χ1v) is 11.1. The Labute approximate surface area is 201 Å². The molecule has 1 saturated heterocycles. The van der Waals surface area contributed by atoms with Crippen LogP contribution in [0.1, 0.15) is 29.7 Å². The highest BCUT2D eigenvalue weighted by molar-refractivity contribution is 6.51. The van der Waals surface area contributed by atoms with Crippen LogP contribution in [-0.2, 0) is 9.59 Å². The van der Waals surface area contributed by atoms with Gasteiger partial charge in [-0.25, -0.2) is 0 Å². The number of aryl methyl sites for hydroxylation is 1. The third kappa shape index (κ3) is 4.34. The first kappa shape index (κ1) is 22.9. The summed E-state index contributed by atoms with van der Waals surface area (Å²) in [6.45, 7) is 4.34. The molecule has 4 rings (SSSR count). The summed E-state index contributed by atoms with van der Waals surface area (Å²) >= 11 is 12.1. The third-order valence-electron chi connectivity index (χ3n) is 5.46. The maximum atomic E-state index is 13.2. The molecule has 1 amide bonds. The molecule has 7 heteroatoms. The maximum absolute atomic E-state index is 13.2. The number of carbonyl (C=O) groups is 2. The average molecular weight is 482 g/mol. The summed E-state index contributed by atoms with van der Waals surface area (Å²) in [5.74, 6) is -1.16. The number of aliphatic hydroxyl groups is 1. The maximum Gasteiger partial charge on any atom is 0.300 e. The van der Waals surface area contributed by atoms with Crippen LogP contribution in [0.5, 0.6) is 5.75 Å². The first-order valence-electron chi connectivity index (χ1n) is 10.4. The molecule has 1 aliphatic rings. The van der Waals surface area contributed by atoms with E-state index in [1.54, 1.807) is 42.5 Å². The summed E-state index contributed by atoms with van der Waals surface area (Å²) in [6.07, 6.45) is 0. The molecule has 1 unspecified atom stereocenters. The van der Waals surface area contributed by atoms with E-state index >= 15 is 0 Å². The van der Waals surface area contributed by atoms with Crippen LogP contribution in [0.2, 0.25) is 10.0 Å². The molecule has 3 aromatic carbocycles. The van der Waals surface area contributed by atoms with Crippen molar-refractivity contribution in [3.8, 4) is 5.75 Å². The highest BCUT2D eigenvalue weighted by Gasteiger charge is 2.47. The Bertz CT molecular complexity index is 1250. The van der Waals surface area contributed by atoms with Crippen molar-refractivity contribution >= 4 is 46.3 Å². The van der Waals surface area contributed by atoms with E-state index in [1.165, 1.54) is 17.0 Å². The van der Waals surface area contributed by atoms with Gasteiger partial charge in [0.1, 0.15) is 11.5 Å². The van der Waals surface area contributed by atoms with Crippen molar-refractivity contribution in [2.45, 2.75) is 19.9 Å². The fraction of sp³-hybridized carbons (Fsp3) is 0.154. The van der Waals surface area contributed by atoms with Crippen molar-refractivity contribution in [1.29, 1.82) is 0 Å². The fourth-order valence-corrected chi connectivity index (χ4v) is 4.13. The number of hydrogen-bond acceptors (Lipinski definition) is 4. The number of amides is 1. The number of nitrogens with zero attached hydrogens (tertiary/aromatic N) is 1. The van der Waals surface area contributed by atoms with Crippen molar-refractivity contribution in [1.82, 2.24) is 0 Å². The topological polar surface area (TPSA) is 66.8 Å². The largest absolute Gasteiger partial charge is 0.507 e. The monoisotopic (exact) mass is 481 g/mol. The van der Waals surface area contributed by atoms with Crippen LogP contribution in [0.15, 0.2) is 72.3 Å². The minimum absolute atomic E-state index is 0.0249. The van der Waals surface area contributed by atoms with Crippen LogP contribution in [0.3, 0.4) is 0 Å². The molecule has 33 heavy (non-hydrogen) atoms. The SMILES string of the molecule is CCOc1ccc(C2/C(=C(/O)c3ccc(Cl)c(Cl)c3)C(=O)C(=O)N2c2ccc(C)cc2)cc1. The predicted octanol–water partition coefficient (Wildman–Crippen LogP) is 6.33. The second-order valence-electron chi connectivity index (χ2n) is 7.64. The summed E-state index contributed by atoms with van der Waals surface area (Å²) in [6, 6.07) is 18.1. The van der Waals surface area contributed by atoms with Crippen molar-refractivity contribution < 1.29 is 19.4 Å². The number of hydrogen-bond donors (Lipinski definition) is 1. The Hall–Kier alpha value is -3.28. The number of Topliss-reactive ketones (excluding diaryl/α,β-unsaturated/α-hetero) is 1. The summed E-state index contributed by atoms with van der Waals surface area (Å²) in [5.41, 5.74) is 2.49. The van der Waals surface area contributed by atoms with Crippen molar-refractivity contribution in [3.05, 3.63) is 99.0 Å². The lowest BCUT2D eigenvalue weighted by molar-refractivity contribution is -0.132. The highest BCUT2D eigenvalue weighted by atomic mass is 35.5. The number of ether oxygens (including phenoxy) is 1. The smallest absolute Gasteiger partial charge is 0.300 e. The molecular weight excluding hydrogens is 461 g/mol. The summed E-state index contributed by atoms with van der Waals surface area (Å²) < 4.78 is 5.52. The van der Waals surface area contributed by atoms with E-state index in [1.807, 2.05) is 26.0 Å². The molecule has 1 N–H and O–H groups in total. The molecule has 3 aromatic rings. The lowest BCUT2D eigenvalue weighted by Gasteiger charge is -2.25.